The Balaban J connectivity index is 1.43. The first-order chi connectivity index (χ1) is 12.6. The number of hydrogen-bond donors (Lipinski definition) is 2. The number of aliphatic hydroxyl groups excluding tert-OH is 1. The van der Waals surface area contributed by atoms with Gasteiger partial charge in [-0.05, 0) is 68.2 Å². The number of nitrogens with zero attached hydrogens (tertiary/aromatic N) is 1. The van der Waals surface area contributed by atoms with Gasteiger partial charge >= 0.3 is 0 Å². The van der Waals surface area contributed by atoms with Gasteiger partial charge in [0.05, 0.1) is 6.10 Å². The monoisotopic (exact) mass is 351 g/mol. The summed E-state index contributed by atoms with van der Waals surface area (Å²) in [5.74, 6) is 1.000. The fourth-order valence-corrected chi connectivity index (χ4v) is 5.22. The van der Waals surface area contributed by atoms with Crippen LogP contribution in [0.1, 0.15) is 49.8 Å². The summed E-state index contributed by atoms with van der Waals surface area (Å²) < 4.78 is 0. The molecule has 4 rings (SSSR count). The normalized spacial score (nSPS) is 28.0. The maximum absolute atomic E-state index is 10.9. The molecule has 2 saturated heterocycles. The Hall–Kier alpha value is -1.84. The van der Waals surface area contributed by atoms with Crippen LogP contribution in [0.2, 0.25) is 0 Å². The molecule has 0 aromatic heterocycles. The number of hydrogen-bond acceptors (Lipinski definition) is 3. The van der Waals surface area contributed by atoms with Gasteiger partial charge in [0.15, 0.2) is 0 Å². The average molecular weight is 351 g/mol. The molecule has 2 aliphatic heterocycles. The third-order valence-electron chi connectivity index (χ3n) is 6.42. The molecule has 0 radical (unpaired) electrons. The molecular weight excluding hydrogens is 322 g/mol. The molecule has 0 aliphatic carbocycles. The predicted octanol–water partition coefficient (Wildman–Crippen LogP) is 4.30. The molecule has 4 unspecified atom stereocenters. The maximum Gasteiger partial charge on any atom is 0.115 e. The predicted molar refractivity (Wildman–Crippen MR) is 104 cm³/mol. The lowest BCUT2D eigenvalue weighted by Gasteiger charge is -2.44. The Bertz CT molecular complexity index is 701. The van der Waals surface area contributed by atoms with E-state index in [1.807, 2.05) is 12.1 Å². The van der Waals surface area contributed by atoms with E-state index in [-0.39, 0.29) is 11.8 Å². The van der Waals surface area contributed by atoms with E-state index in [1.54, 1.807) is 12.1 Å². The van der Waals surface area contributed by atoms with E-state index >= 15 is 0 Å². The van der Waals surface area contributed by atoms with E-state index in [9.17, 15) is 10.2 Å². The average Bonchev–Trinajstić information content (AvgIpc) is 2.92. The van der Waals surface area contributed by atoms with Crippen LogP contribution in [0.15, 0.2) is 54.6 Å². The van der Waals surface area contributed by atoms with Crippen LogP contribution >= 0.6 is 0 Å². The molecular formula is C23H29NO2. The van der Waals surface area contributed by atoms with Gasteiger partial charge in [-0.1, -0.05) is 42.5 Å². The second kappa shape index (κ2) is 7.42. The summed E-state index contributed by atoms with van der Waals surface area (Å²) in [6.07, 6.45) is 5.64. The summed E-state index contributed by atoms with van der Waals surface area (Å²) >= 11 is 0. The first-order valence-corrected chi connectivity index (χ1v) is 9.90. The summed E-state index contributed by atoms with van der Waals surface area (Å²) in [5, 5.41) is 20.4. The Morgan fingerprint density at radius 3 is 2.19 bits per heavy atom. The largest absolute Gasteiger partial charge is 0.508 e. The zero-order chi connectivity index (χ0) is 18.1. The quantitative estimate of drug-likeness (QED) is 0.844. The van der Waals surface area contributed by atoms with Gasteiger partial charge in [0.1, 0.15) is 5.75 Å². The number of piperidine rings is 1. The molecule has 138 valence electrons. The van der Waals surface area contributed by atoms with Crippen molar-refractivity contribution in [1.82, 2.24) is 4.90 Å². The minimum atomic E-state index is -0.510. The molecule has 3 heteroatoms. The van der Waals surface area contributed by atoms with Crippen molar-refractivity contribution in [1.29, 1.82) is 0 Å². The van der Waals surface area contributed by atoms with E-state index in [0.717, 1.165) is 11.5 Å². The standard InChI is InChI=1S/C23H29NO2/c1-16(23(26)19-7-11-22(25)12-8-19)24-20-9-10-21(24)15-18(14-20)13-17-5-3-2-4-6-17/h2-8,11-12,16,18,20-21,23,25-26H,9-10,13-15H2,1H3. The molecule has 2 bridgehead atoms. The molecule has 2 aliphatic rings. The molecule has 0 amide bonds. The lowest BCUT2D eigenvalue weighted by atomic mass is 9.84. The SMILES string of the molecule is CC(C(O)c1ccc(O)cc1)N1C2CCC1CC(Cc1ccccc1)C2. The van der Waals surface area contributed by atoms with Gasteiger partial charge in [0.25, 0.3) is 0 Å². The van der Waals surface area contributed by atoms with Crippen molar-refractivity contribution in [3.05, 3.63) is 65.7 Å². The highest BCUT2D eigenvalue weighted by Crippen LogP contribution is 2.43. The van der Waals surface area contributed by atoms with E-state index in [1.165, 1.54) is 37.7 Å². The Labute approximate surface area is 156 Å². The minimum Gasteiger partial charge on any atom is -0.508 e. The van der Waals surface area contributed by atoms with Crippen LogP contribution < -0.4 is 0 Å². The third kappa shape index (κ3) is 3.51. The second-order valence-electron chi connectivity index (χ2n) is 8.14. The molecule has 0 spiro atoms. The van der Waals surface area contributed by atoms with Crippen molar-refractivity contribution in [2.75, 3.05) is 0 Å². The zero-order valence-corrected chi connectivity index (χ0v) is 15.5. The Kier molecular flexibility index (Phi) is 5.01. The lowest BCUT2D eigenvalue weighted by Crippen LogP contribution is -2.50. The number of rotatable bonds is 5. The van der Waals surface area contributed by atoms with Crippen molar-refractivity contribution in [3.8, 4) is 5.75 Å². The van der Waals surface area contributed by atoms with Crippen molar-refractivity contribution >= 4 is 0 Å². The zero-order valence-electron chi connectivity index (χ0n) is 15.5. The van der Waals surface area contributed by atoms with Crippen molar-refractivity contribution in [2.45, 2.75) is 63.3 Å². The van der Waals surface area contributed by atoms with Crippen molar-refractivity contribution in [3.63, 3.8) is 0 Å². The van der Waals surface area contributed by atoms with Crippen LogP contribution in [-0.2, 0) is 6.42 Å². The highest BCUT2D eigenvalue weighted by Gasteiger charge is 2.44. The summed E-state index contributed by atoms with van der Waals surface area (Å²) in [5.41, 5.74) is 2.34. The highest BCUT2D eigenvalue weighted by atomic mass is 16.3. The lowest BCUT2D eigenvalue weighted by molar-refractivity contribution is -0.00309. The highest BCUT2D eigenvalue weighted by molar-refractivity contribution is 5.28. The van der Waals surface area contributed by atoms with Gasteiger partial charge in [-0.25, -0.2) is 0 Å². The van der Waals surface area contributed by atoms with Crippen LogP contribution in [0.25, 0.3) is 0 Å². The fourth-order valence-electron chi connectivity index (χ4n) is 5.22. The number of benzene rings is 2. The van der Waals surface area contributed by atoms with Crippen LogP contribution in [0.3, 0.4) is 0 Å². The first kappa shape index (κ1) is 17.6. The molecule has 2 N–H and O–H groups in total. The van der Waals surface area contributed by atoms with Crippen LogP contribution in [0.4, 0.5) is 0 Å². The second-order valence-corrected chi connectivity index (χ2v) is 8.14. The summed E-state index contributed by atoms with van der Waals surface area (Å²) in [6.45, 7) is 2.15. The summed E-state index contributed by atoms with van der Waals surface area (Å²) in [4.78, 5) is 2.58. The van der Waals surface area contributed by atoms with Crippen molar-refractivity contribution < 1.29 is 10.2 Å². The van der Waals surface area contributed by atoms with Crippen LogP contribution in [-0.4, -0.2) is 33.2 Å². The van der Waals surface area contributed by atoms with Crippen molar-refractivity contribution in [2.24, 2.45) is 5.92 Å². The Morgan fingerprint density at radius 2 is 1.58 bits per heavy atom. The van der Waals surface area contributed by atoms with Gasteiger partial charge in [-0.3, -0.25) is 4.90 Å². The van der Waals surface area contributed by atoms with E-state index < -0.39 is 6.10 Å². The molecule has 2 heterocycles. The van der Waals surface area contributed by atoms with E-state index in [2.05, 4.69) is 42.2 Å². The van der Waals surface area contributed by atoms with Crippen LogP contribution in [0.5, 0.6) is 5.75 Å². The van der Waals surface area contributed by atoms with E-state index in [0.29, 0.717) is 12.1 Å². The number of phenols is 1. The molecule has 2 aromatic carbocycles. The molecule has 2 fully saturated rings. The molecule has 0 saturated carbocycles. The van der Waals surface area contributed by atoms with Gasteiger partial charge < -0.3 is 10.2 Å². The Morgan fingerprint density at radius 1 is 0.962 bits per heavy atom. The molecule has 4 atom stereocenters. The molecule has 2 aromatic rings. The summed E-state index contributed by atoms with van der Waals surface area (Å²) in [7, 11) is 0. The number of fused-ring (bicyclic) bond motifs is 2. The molecule has 26 heavy (non-hydrogen) atoms. The third-order valence-corrected chi connectivity index (χ3v) is 6.42. The topological polar surface area (TPSA) is 43.7 Å². The number of aliphatic hydroxyl groups is 1. The number of aromatic hydroxyl groups is 1. The van der Waals surface area contributed by atoms with Gasteiger partial charge in [-0.15, -0.1) is 0 Å². The smallest absolute Gasteiger partial charge is 0.115 e. The van der Waals surface area contributed by atoms with E-state index in [4.69, 9.17) is 0 Å². The van der Waals surface area contributed by atoms with Gasteiger partial charge in [0.2, 0.25) is 0 Å². The fraction of sp³-hybridized carbons (Fsp3) is 0.478. The van der Waals surface area contributed by atoms with Gasteiger partial charge in [0, 0.05) is 18.1 Å². The minimum absolute atomic E-state index is 0.106. The van der Waals surface area contributed by atoms with Crippen LogP contribution in [0, 0.1) is 5.92 Å². The first-order valence-electron chi connectivity index (χ1n) is 9.90. The maximum atomic E-state index is 10.9. The summed E-state index contributed by atoms with van der Waals surface area (Å²) in [6, 6.07) is 19.1. The number of phenolic OH excluding ortho intramolecular Hbond substituents is 1. The molecule has 3 nitrogen and oxygen atoms in total. The van der Waals surface area contributed by atoms with Gasteiger partial charge in [-0.2, -0.15) is 0 Å².